The molecule has 0 amide bonds. The van der Waals surface area contributed by atoms with Crippen molar-refractivity contribution in [1.82, 2.24) is 19.5 Å². The highest BCUT2D eigenvalue weighted by atomic mass is 16.3. The minimum absolute atomic E-state index is 0.566. The number of aromatic nitrogens is 4. The molecule has 0 unspecified atom stereocenters. The summed E-state index contributed by atoms with van der Waals surface area (Å²) in [7, 11) is 0. The van der Waals surface area contributed by atoms with Crippen LogP contribution in [0.2, 0.25) is 0 Å². The molecule has 8 aromatic carbocycles. The van der Waals surface area contributed by atoms with E-state index in [1.807, 2.05) is 60.7 Å². The fourth-order valence-electron chi connectivity index (χ4n) is 7.80. The average molecular weight is 665 g/mol. The molecule has 0 saturated carbocycles. The van der Waals surface area contributed by atoms with Crippen molar-refractivity contribution < 1.29 is 4.42 Å². The Hall–Kier alpha value is -7.11. The first-order valence-corrected chi connectivity index (χ1v) is 17.4. The first kappa shape index (κ1) is 28.7. The van der Waals surface area contributed by atoms with Gasteiger partial charge in [-0.3, -0.25) is 4.57 Å². The third kappa shape index (κ3) is 4.39. The van der Waals surface area contributed by atoms with Crippen LogP contribution in [0.4, 0.5) is 0 Å². The topological polar surface area (TPSA) is 56.7 Å². The molecule has 0 aliphatic carbocycles. The molecule has 52 heavy (non-hydrogen) atoms. The SMILES string of the molecule is c1ccc(-c2nc(-c3ccccc3)nc(-n3c4cc5ccccc5cc4c4cccc(-c5ccc6oc7ccc8ccccc8c7c6c5)c43)n2)cc1. The maximum absolute atomic E-state index is 6.40. The maximum Gasteiger partial charge on any atom is 0.238 e. The van der Waals surface area contributed by atoms with E-state index in [2.05, 4.69) is 114 Å². The van der Waals surface area contributed by atoms with Crippen LogP contribution in [0, 0.1) is 0 Å². The summed E-state index contributed by atoms with van der Waals surface area (Å²) in [5, 5.41) is 9.20. The van der Waals surface area contributed by atoms with Gasteiger partial charge in [-0.15, -0.1) is 0 Å². The lowest BCUT2D eigenvalue weighted by molar-refractivity contribution is 0.669. The van der Waals surface area contributed by atoms with Crippen LogP contribution in [-0.4, -0.2) is 19.5 Å². The Kier molecular flexibility index (Phi) is 6.18. The predicted octanol–water partition coefficient (Wildman–Crippen LogP) is 12.2. The fraction of sp³-hybridized carbons (Fsp3) is 0. The van der Waals surface area contributed by atoms with Gasteiger partial charge in [0.2, 0.25) is 5.95 Å². The molecule has 5 heteroatoms. The highest BCUT2D eigenvalue weighted by Crippen LogP contribution is 2.42. The number of benzene rings is 8. The standard InChI is InChI=1S/C47H28N4O/c1-3-13-30(14-4-1)45-48-46(31-15-5-2-6-16-31)50-47(49-45)51-40-28-33-18-8-7-17-32(33)26-38(40)37-21-11-20-36(44(37)51)34-23-24-41-39(27-34)43-35-19-10-9-12-29(35)22-25-42(43)52-41/h1-28H. The molecular weight excluding hydrogens is 637 g/mol. The van der Waals surface area contributed by atoms with Crippen molar-refractivity contribution in [3.63, 3.8) is 0 Å². The molecular formula is C47H28N4O. The smallest absolute Gasteiger partial charge is 0.238 e. The molecule has 5 nitrogen and oxygen atoms in total. The van der Waals surface area contributed by atoms with Gasteiger partial charge in [-0.05, 0) is 57.4 Å². The van der Waals surface area contributed by atoms with Crippen molar-refractivity contribution in [2.75, 3.05) is 0 Å². The first-order chi connectivity index (χ1) is 25.8. The van der Waals surface area contributed by atoms with Crippen LogP contribution in [0.15, 0.2) is 174 Å². The Morgan fingerprint density at radius 1 is 0.404 bits per heavy atom. The minimum Gasteiger partial charge on any atom is -0.456 e. The van der Waals surface area contributed by atoms with E-state index in [1.54, 1.807) is 0 Å². The zero-order valence-electron chi connectivity index (χ0n) is 27.9. The maximum atomic E-state index is 6.40. The summed E-state index contributed by atoms with van der Waals surface area (Å²) in [4.78, 5) is 15.5. The van der Waals surface area contributed by atoms with E-state index in [9.17, 15) is 0 Å². The van der Waals surface area contributed by atoms with Gasteiger partial charge in [0.15, 0.2) is 11.6 Å². The number of para-hydroxylation sites is 1. The zero-order chi connectivity index (χ0) is 34.2. The van der Waals surface area contributed by atoms with Crippen molar-refractivity contribution in [2.45, 2.75) is 0 Å². The number of hydrogen-bond donors (Lipinski definition) is 0. The second kappa shape index (κ2) is 11.2. The quantitative estimate of drug-likeness (QED) is 0.188. The molecule has 3 heterocycles. The Labute approximate surface area is 298 Å². The summed E-state index contributed by atoms with van der Waals surface area (Å²) >= 11 is 0. The number of nitrogens with zero attached hydrogens (tertiary/aromatic N) is 4. The van der Waals surface area contributed by atoms with Crippen molar-refractivity contribution in [3.8, 4) is 39.9 Å². The molecule has 11 aromatic rings. The summed E-state index contributed by atoms with van der Waals surface area (Å²) < 4.78 is 8.64. The predicted molar refractivity (Wildman–Crippen MR) is 213 cm³/mol. The molecule has 0 aliphatic rings. The molecule has 3 aromatic heterocycles. The molecule has 0 spiro atoms. The lowest BCUT2D eigenvalue weighted by Gasteiger charge is -2.13. The van der Waals surface area contributed by atoms with Gasteiger partial charge in [0.05, 0.1) is 11.0 Å². The molecule has 11 rings (SSSR count). The summed E-state index contributed by atoms with van der Waals surface area (Å²) in [6.45, 7) is 0. The van der Waals surface area contributed by atoms with Crippen molar-refractivity contribution >= 4 is 65.3 Å². The summed E-state index contributed by atoms with van der Waals surface area (Å²) in [5.41, 5.74) is 7.85. The van der Waals surface area contributed by atoms with Crippen LogP contribution in [0.25, 0.3) is 105 Å². The van der Waals surface area contributed by atoms with Crippen LogP contribution in [-0.2, 0) is 0 Å². The number of hydrogen-bond acceptors (Lipinski definition) is 4. The Bertz CT molecular complexity index is 3120. The first-order valence-electron chi connectivity index (χ1n) is 17.4. The van der Waals surface area contributed by atoms with E-state index in [4.69, 9.17) is 19.4 Å². The van der Waals surface area contributed by atoms with Crippen LogP contribution in [0.5, 0.6) is 0 Å². The molecule has 0 atom stereocenters. The largest absolute Gasteiger partial charge is 0.456 e. The molecule has 0 bridgehead atoms. The number of furan rings is 1. The van der Waals surface area contributed by atoms with Gasteiger partial charge in [-0.1, -0.05) is 140 Å². The summed E-state index contributed by atoms with van der Waals surface area (Å²) in [5.74, 6) is 1.81. The van der Waals surface area contributed by atoms with Gasteiger partial charge in [-0.2, -0.15) is 9.97 Å². The minimum atomic E-state index is 0.566. The van der Waals surface area contributed by atoms with E-state index >= 15 is 0 Å². The lowest BCUT2D eigenvalue weighted by atomic mass is 9.98. The normalized spacial score (nSPS) is 11.8. The third-order valence-corrected chi connectivity index (χ3v) is 10.2. The highest BCUT2D eigenvalue weighted by Gasteiger charge is 2.22. The van der Waals surface area contributed by atoms with Gasteiger partial charge >= 0.3 is 0 Å². The molecule has 0 aliphatic heterocycles. The fourth-order valence-corrected chi connectivity index (χ4v) is 7.80. The van der Waals surface area contributed by atoms with Gasteiger partial charge in [0.1, 0.15) is 11.2 Å². The van der Waals surface area contributed by atoms with E-state index in [-0.39, 0.29) is 0 Å². The number of fused-ring (bicyclic) bond motifs is 9. The van der Waals surface area contributed by atoms with E-state index < -0.39 is 0 Å². The van der Waals surface area contributed by atoms with Crippen LogP contribution < -0.4 is 0 Å². The van der Waals surface area contributed by atoms with Crippen molar-refractivity contribution in [2.24, 2.45) is 0 Å². The molecule has 0 radical (unpaired) electrons. The number of rotatable bonds is 4. The van der Waals surface area contributed by atoms with E-state index in [1.165, 1.54) is 16.2 Å². The van der Waals surface area contributed by atoms with Gasteiger partial charge in [-0.25, -0.2) is 4.98 Å². The van der Waals surface area contributed by atoms with E-state index in [0.29, 0.717) is 17.6 Å². The van der Waals surface area contributed by atoms with E-state index in [0.717, 1.165) is 71.4 Å². The highest BCUT2D eigenvalue weighted by molar-refractivity contribution is 6.20. The van der Waals surface area contributed by atoms with Gasteiger partial charge in [0.25, 0.3) is 0 Å². The second-order valence-electron chi connectivity index (χ2n) is 13.2. The molecule has 0 N–H and O–H groups in total. The van der Waals surface area contributed by atoms with Crippen LogP contribution >= 0.6 is 0 Å². The average Bonchev–Trinajstić information content (AvgIpc) is 3.76. The molecule has 242 valence electrons. The van der Waals surface area contributed by atoms with Crippen LogP contribution in [0.3, 0.4) is 0 Å². The summed E-state index contributed by atoms with van der Waals surface area (Å²) in [6.07, 6.45) is 0. The molecule has 0 fully saturated rings. The van der Waals surface area contributed by atoms with Crippen molar-refractivity contribution in [1.29, 1.82) is 0 Å². The Morgan fingerprint density at radius 2 is 1.04 bits per heavy atom. The second-order valence-corrected chi connectivity index (χ2v) is 13.2. The zero-order valence-corrected chi connectivity index (χ0v) is 27.9. The molecule has 0 saturated heterocycles. The lowest BCUT2D eigenvalue weighted by Crippen LogP contribution is -2.07. The van der Waals surface area contributed by atoms with Crippen molar-refractivity contribution in [3.05, 3.63) is 170 Å². The summed E-state index contributed by atoms with van der Waals surface area (Å²) in [6, 6.07) is 59.2. The third-order valence-electron chi connectivity index (χ3n) is 10.2. The Balaban J connectivity index is 1.26. The van der Waals surface area contributed by atoms with Crippen LogP contribution in [0.1, 0.15) is 0 Å². The monoisotopic (exact) mass is 664 g/mol. The Morgan fingerprint density at radius 3 is 1.79 bits per heavy atom. The van der Waals surface area contributed by atoms with Gasteiger partial charge < -0.3 is 4.42 Å². The van der Waals surface area contributed by atoms with Gasteiger partial charge in [0, 0.05) is 38.2 Å².